The van der Waals surface area contributed by atoms with Crippen LogP contribution in [0.4, 0.5) is 0 Å². The van der Waals surface area contributed by atoms with Gasteiger partial charge in [0.1, 0.15) is 5.60 Å². The zero-order valence-electron chi connectivity index (χ0n) is 15.4. The molecule has 1 aliphatic carbocycles. The molecule has 3 heteroatoms. The molecule has 130 valence electrons. The Hall–Kier alpha value is -1.48. The standard InChI is InChI=1S/C21H28O3/c1-12(2)13-9-15-14(18(23)17(13)22)10-21-8-6-7-19(3,4)16(21)11-20(15,5)24-21/h9,11-12,22-23H,6-8,10H2,1-5H3. The molecule has 24 heavy (non-hydrogen) atoms. The average Bonchev–Trinajstić information content (AvgIpc) is 2.73. The first-order valence-electron chi connectivity index (χ1n) is 9.12. The van der Waals surface area contributed by atoms with Gasteiger partial charge < -0.3 is 14.9 Å². The van der Waals surface area contributed by atoms with E-state index < -0.39 is 5.60 Å². The summed E-state index contributed by atoms with van der Waals surface area (Å²) in [6.45, 7) is 10.8. The van der Waals surface area contributed by atoms with Gasteiger partial charge in [-0.3, -0.25) is 0 Å². The maximum absolute atomic E-state index is 10.7. The van der Waals surface area contributed by atoms with Crippen LogP contribution in [0, 0.1) is 5.41 Å². The molecular weight excluding hydrogens is 300 g/mol. The summed E-state index contributed by atoms with van der Waals surface area (Å²) in [5.74, 6) is 0.248. The van der Waals surface area contributed by atoms with Crippen molar-refractivity contribution in [3.8, 4) is 11.5 Å². The molecule has 2 unspecified atom stereocenters. The van der Waals surface area contributed by atoms with Gasteiger partial charge in [-0.1, -0.05) is 27.7 Å². The number of ether oxygens (including phenoxy) is 1. The summed E-state index contributed by atoms with van der Waals surface area (Å²) in [6, 6.07) is 2.04. The molecule has 1 aromatic rings. The second-order valence-corrected chi connectivity index (χ2v) is 9.02. The highest BCUT2D eigenvalue weighted by Gasteiger charge is 2.58. The van der Waals surface area contributed by atoms with E-state index in [-0.39, 0.29) is 28.4 Å². The Labute approximate surface area is 144 Å². The molecule has 2 N–H and O–H groups in total. The fraction of sp³-hybridized carbons (Fsp3) is 0.619. The predicted octanol–water partition coefficient (Wildman–Crippen LogP) is 4.90. The zero-order chi connectivity index (χ0) is 17.5. The third-order valence-corrected chi connectivity index (χ3v) is 6.46. The van der Waals surface area contributed by atoms with Crippen molar-refractivity contribution in [3.05, 3.63) is 34.4 Å². The lowest BCUT2D eigenvalue weighted by Gasteiger charge is -2.48. The summed E-state index contributed by atoms with van der Waals surface area (Å²) >= 11 is 0. The van der Waals surface area contributed by atoms with Crippen LogP contribution in [0.5, 0.6) is 11.5 Å². The molecule has 3 aliphatic rings. The van der Waals surface area contributed by atoms with E-state index in [1.54, 1.807) is 0 Å². The molecule has 1 saturated carbocycles. The highest BCUT2D eigenvalue weighted by molar-refractivity contribution is 5.61. The van der Waals surface area contributed by atoms with Crippen molar-refractivity contribution in [1.29, 1.82) is 0 Å². The molecular formula is C21H28O3. The minimum atomic E-state index is -0.515. The van der Waals surface area contributed by atoms with Gasteiger partial charge in [-0.2, -0.15) is 0 Å². The Bertz CT molecular complexity index is 759. The summed E-state index contributed by atoms with van der Waals surface area (Å²) in [5.41, 5.74) is 3.35. The quantitative estimate of drug-likeness (QED) is 0.569. The van der Waals surface area contributed by atoms with E-state index in [4.69, 9.17) is 4.74 Å². The van der Waals surface area contributed by atoms with Crippen molar-refractivity contribution in [3.63, 3.8) is 0 Å². The van der Waals surface area contributed by atoms with Crippen molar-refractivity contribution < 1.29 is 14.9 Å². The van der Waals surface area contributed by atoms with Crippen molar-refractivity contribution in [2.45, 2.75) is 77.4 Å². The molecule has 2 heterocycles. The van der Waals surface area contributed by atoms with Crippen LogP contribution >= 0.6 is 0 Å². The largest absolute Gasteiger partial charge is 0.504 e. The third-order valence-electron chi connectivity index (χ3n) is 6.46. The highest BCUT2D eigenvalue weighted by atomic mass is 16.5. The van der Waals surface area contributed by atoms with E-state index in [0.29, 0.717) is 6.42 Å². The number of fused-ring (bicyclic) bond motifs is 3. The van der Waals surface area contributed by atoms with Gasteiger partial charge in [-0.25, -0.2) is 0 Å². The third kappa shape index (κ3) is 1.88. The van der Waals surface area contributed by atoms with Gasteiger partial charge in [-0.15, -0.1) is 0 Å². The lowest BCUT2D eigenvalue weighted by Crippen LogP contribution is -2.47. The molecule has 0 saturated heterocycles. The van der Waals surface area contributed by atoms with Crippen molar-refractivity contribution >= 4 is 0 Å². The number of aromatic hydroxyl groups is 2. The number of hydrogen-bond donors (Lipinski definition) is 2. The number of phenolic OH excluding ortho intramolecular Hbond substituents is 2. The summed E-state index contributed by atoms with van der Waals surface area (Å²) < 4.78 is 6.68. The van der Waals surface area contributed by atoms with Crippen molar-refractivity contribution in [2.24, 2.45) is 5.41 Å². The summed E-state index contributed by atoms with van der Waals surface area (Å²) in [6.07, 6.45) is 6.25. The first-order chi connectivity index (χ1) is 11.1. The Morgan fingerprint density at radius 1 is 1.08 bits per heavy atom. The van der Waals surface area contributed by atoms with Crippen LogP contribution in [-0.4, -0.2) is 15.8 Å². The van der Waals surface area contributed by atoms with E-state index in [1.807, 2.05) is 19.9 Å². The Morgan fingerprint density at radius 3 is 2.46 bits per heavy atom. The van der Waals surface area contributed by atoms with E-state index in [2.05, 4.69) is 26.8 Å². The first-order valence-corrected chi connectivity index (χ1v) is 9.12. The number of hydrogen-bond acceptors (Lipinski definition) is 3. The highest BCUT2D eigenvalue weighted by Crippen LogP contribution is 2.62. The molecule has 2 atom stereocenters. The number of rotatable bonds is 1. The van der Waals surface area contributed by atoms with Gasteiger partial charge in [0.25, 0.3) is 0 Å². The predicted molar refractivity (Wildman–Crippen MR) is 94.4 cm³/mol. The second kappa shape index (κ2) is 4.57. The van der Waals surface area contributed by atoms with Crippen LogP contribution in [0.2, 0.25) is 0 Å². The van der Waals surface area contributed by atoms with Crippen LogP contribution in [-0.2, 0) is 16.8 Å². The topological polar surface area (TPSA) is 49.7 Å². The Balaban J connectivity index is 1.96. The summed E-state index contributed by atoms with van der Waals surface area (Å²) in [5, 5.41) is 21.2. The van der Waals surface area contributed by atoms with Gasteiger partial charge in [0, 0.05) is 17.5 Å². The number of benzene rings is 1. The minimum absolute atomic E-state index is 0.0432. The van der Waals surface area contributed by atoms with Crippen LogP contribution < -0.4 is 0 Å². The van der Waals surface area contributed by atoms with E-state index >= 15 is 0 Å². The first kappa shape index (κ1) is 16.0. The van der Waals surface area contributed by atoms with E-state index in [9.17, 15) is 10.2 Å². The van der Waals surface area contributed by atoms with Crippen LogP contribution in [0.15, 0.2) is 17.7 Å². The minimum Gasteiger partial charge on any atom is -0.504 e. The van der Waals surface area contributed by atoms with Gasteiger partial charge >= 0.3 is 0 Å². The monoisotopic (exact) mass is 328 g/mol. The fourth-order valence-corrected chi connectivity index (χ4v) is 5.26. The van der Waals surface area contributed by atoms with Gasteiger partial charge in [0.2, 0.25) is 0 Å². The lowest BCUT2D eigenvalue weighted by molar-refractivity contribution is -0.117. The van der Waals surface area contributed by atoms with Gasteiger partial charge in [0.15, 0.2) is 11.5 Å². The molecule has 1 spiro atoms. The second-order valence-electron chi connectivity index (χ2n) is 9.02. The van der Waals surface area contributed by atoms with Crippen LogP contribution in [0.1, 0.15) is 76.5 Å². The normalized spacial score (nSPS) is 33.2. The Kier molecular flexibility index (Phi) is 3.05. The van der Waals surface area contributed by atoms with Crippen molar-refractivity contribution in [1.82, 2.24) is 0 Å². The molecule has 0 amide bonds. The molecule has 4 rings (SSSR count). The lowest BCUT2D eigenvalue weighted by atomic mass is 9.64. The summed E-state index contributed by atoms with van der Waals surface area (Å²) in [7, 11) is 0. The maximum atomic E-state index is 10.7. The molecule has 1 fully saturated rings. The smallest absolute Gasteiger partial charge is 0.161 e. The van der Waals surface area contributed by atoms with Gasteiger partial charge in [-0.05, 0) is 60.8 Å². The molecule has 2 bridgehead atoms. The van der Waals surface area contributed by atoms with E-state index in [1.165, 1.54) is 12.0 Å². The molecule has 3 nitrogen and oxygen atoms in total. The van der Waals surface area contributed by atoms with Gasteiger partial charge in [0.05, 0.1) is 5.60 Å². The summed E-state index contributed by atoms with van der Waals surface area (Å²) in [4.78, 5) is 0. The molecule has 1 aromatic carbocycles. The molecule has 2 aliphatic heterocycles. The van der Waals surface area contributed by atoms with Crippen LogP contribution in [0.25, 0.3) is 0 Å². The maximum Gasteiger partial charge on any atom is 0.161 e. The number of phenols is 2. The molecule has 0 radical (unpaired) electrons. The fourth-order valence-electron chi connectivity index (χ4n) is 5.26. The Morgan fingerprint density at radius 2 is 1.79 bits per heavy atom. The average molecular weight is 328 g/mol. The SMILES string of the molecule is CC(C)c1cc2c(c(O)c1O)CC13CCCC(C)(C)C1=CC2(C)O3. The van der Waals surface area contributed by atoms with Crippen LogP contribution in [0.3, 0.4) is 0 Å². The van der Waals surface area contributed by atoms with Crippen molar-refractivity contribution in [2.75, 3.05) is 0 Å². The molecule has 0 aromatic heterocycles. The van der Waals surface area contributed by atoms with E-state index in [0.717, 1.165) is 29.5 Å². The zero-order valence-corrected chi connectivity index (χ0v) is 15.4.